The summed E-state index contributed by atoms with van der Waals surface area (Å²) in [6.45, 7) is 11.8. The Balaban J connectivity index is 3.20. The van der Waals surface area contributed by atoms with Gasteiger partial charge in [0.15, 0.2) is 0 Å². The van der Waals surface area contributed by atoms with E-state index in [1.54, 1.807) is 12.1 Å². The first-order chi connectivity index (χ1) is 12.6. The number of carbonyl (C=O) groups excluding carboxylic acids is 2. The number of hydrogen-bond acceptors (Lipinski definition) is 5. The zero-order valence-electron chi connectivity index (χ0n) is 17.1. The molecule has 0 radical (unpaired) electrons. The van der Waals surface area contributed by atoms with Gasteiger partial charge in [-0.3, -0.25) is 9.59 Å². The van der Waals surface area contributed by atoms with Crippen LogP contribution < -0.4 is 10.1 Å². The van der Waals surface area contributed by atoms with Gasteiger partial charge < -0.3 is 14.8 Å². The molecule has 0 aromatic heterocycles. The lowest BCUT2D eigenvalue weighted by molar-refractivity contribution is -0.146. The number of anilines is 1. The highest BCUT2D eigenvalue weighted by Gasteiger charge is 2.40. The van der Waals surface area contributed by atoms with Crippen LogP contribution in [0.2, 0.25) is 0 Å². The molecule has 1 aromatic rings. The number of esters is 1. The van der Waals surface area contributed by atoms with Gasteiger partial charge in [-0.1, -0.05) is 27.7 Å². The molecular weight excluding hydrogens is 344 g/mol. The van der Waals surface area contributed by atoms with Gasteiger partial charge in [-0.05, 0) is 43.7 Å². The number of benzene rings is 1. The molecule has 0 atom stereocenters. The molecule has 27 heavy (non-hydrogen) atoms. The van der Waals surface area contributed by atoms with Crippen LogP contribution in [0.1, 0.15) is 59.9 Å². The standard InChI is InChI=1S/C21H30N2O4/c1-7-26-21(11-14(2)3,12-15(4)5)20(25)23-19-9-8-18(27-16(6)24)10-17(19)13-22/h8-10,14-15H,7,11-12H2,1-6H3,(H,23,25). The Labute approximate surface area is 161 Å². The van der Waals surface area contributed by atoms with E-state index >= 15 is 0 Å². The summed E-state index contributed by atoms with van der Waals surface area (Å²) in [7, 11) is 0. The highest BCUT2D eigenvalue weighted by atomic mass is 16.5. The molecule has 0 unspecified atom stereocenters. The molecule has 0 aliphatic heterocycles. The number of rotatable bonds is 9. The average Bonchev–Trinajstić information content (AvgIpc) is 2.54. The maximum atomic E-state index is 13.2. The zero-order chi connectivity index (χ0) is 20.6. The van der Waals surface area contributed by atoms with Crippen molar-refractivity contribution in [2.24, 2.45) is 11.8 Å². The second kappa shape index (κ2) is 10.1. The Morgan fingerprint density at radius 2 is 1.78 bits per heavy atom. The average molecular weight is 374 g/mol. The van der Waals surface area contributed by atoms with Gasteiger partial charge in [-0.2, -0.15) is 5.26 Å². The van der Waals surface area contributed by atoms with E-state index in [0.717, 1.165) is 0 Å². The number of hydrogen-bond donors (Lipinski definition) is 1. The van der Waals surface area contributed by atoms with Gasteiger partial charge in [0, 0.05) is 19.6 Å². The molecule has 0 spiro atoms. The predicted octanol–water partition coefficient (Wildman–Crippen LogP) is 4.29. The van der Waals surface area contributed by atoms with Crippen molar-refractivity contribution in [3.05, 3.63) is 23.8 Å². The Morgan fingerprint density at radius 1 is 1.19 bits per heavy atom. The molecule has 1 rings (SSSR count). The summed E-state index contributed by atoms with van der Waals surface area (Å²) in [6, 6.07) is 6.58. The number of carbonyl (C=O) groups is 2. The van der Waals surface area contributed by atoms with E-state index in [0.29, 0.717) is 25.1 Å². The monoisotopic (exact) mass is 374 g/mol. The molecule has 6 nitrogen and oxygen atoms in total. The molecule has 148 valence electrons. The lowest BCUT2D eigenvalue weighted by Gasteiger charge is -2.35. The zero-order valence-corrected chi connectivity index (χ0v) is 17.1. The minimum Gasteiger partial charge on any atom is -0.427 e. The highest BCUT2D eigenvalue weighted by Crippen LogP contribution is 2.32. The fraction of sp³-hybridized carbons (Fsp3) is 0.571. The predicted molar refractivity (Wildman–Crippen MR) is 104 cm³/mol. The van der Waals surface area contributed by atoms with E-state index in [2.05, 4.69) is 33.0 Å². The molecule has 1 N–H and O–H groups in total. The van der Waals surface area contributed by atoms with Crippen LogP contribution in [-0.4, -0.2) is 24.1 Å². The van der Waals surface area contributed by atoms with E-state index in [1.807, 2.05) is 13.0 Å². The van der Waals surface area contributed by atoms with Gasteiger partial charge in [-0.15, -0.1) is 0 Å². The molecule has 0 saturated heterocycles. The van der Waals surface area contributed by atoms with Gasteiger partial charge in [-0.25, -0.2) is 0 Å². The number of nitrogens with zero attached hydrogens (tertiary/aromatic N) is 1. The molecule has 0 aliphatic carbocycles. The molecular formula is C21H30N2O4. The van der Waals surface area contributed by atoms with Crippen molar-refractivity contribution in [3.63, 3.8) is 0 Å². The van der Waals surface area contributed by atoms with E-state index in [4.69, 9.17) is 9.47 Å². The Hall–Kier alpha value is -2.39. The van der Waals surface area contributed by atoms with Gasteiger partial charge in [0.2, 0.25) is 0 Å². The summed E-state index contributed by atoms with van der Waals surface area (Å²) in [4.78, 5) is 24.3. The fourth-order valence-electron chi connectivity index (χ4n) is 3.24. The minimum absolute atomic E-state index is 0.224. The third-order valence-electron chi connectivity index (χ3n) is 3.93. The topological polar surface area (TPSA) is 88.4 Å². The van der Waals surface area contributed by atoms with Crippen molar-refractivity contribution in [3.8, 4) is 11.8 Å². The Kier molecular flexibility index (Phi) is 8.45. The molecule has 0 heterocycles. The quantitative estimate of drug-likeness (QED) is 0.514. The second-order valence-corrected chi connectivity index (χ2v) is 7.49. The van der Waals surface area contributed by atoms with Crippen molar-refractivity contribution in [1.29, 1.82) is 5.26 Å². The molecule has 1 aromatic carbocycles. The number of nitrogens with one attached hydrogen (secondary N) is 1. The highest BCUT2D eigenvalue weighted by molar-refractivity contribution is 5.98. The maximum Gasteiger partial charge on any atom is 0.308 e. The summed E-state index contributed by atoms with van der Waals surface area (Å²) in [5.74, 6) is 0.0616. The molecule has 1 amide bonds. The van der Waals surface area contributed by atoms with Crippen molar-refractivity contribution >= 4 is 17.6 Å². The summed E-state index contributed by atoms with van der Waals surface area (Å²) in [5, 5.41) is 12.3. The van der Waals surface area contributed by atoms with Crippen LogP contribution in [0.3, 0.4) is 0 Å². The van der Waals surface area contributed by atoms with Crippen molar-refractivity contribution in [2.45, 2.75) is 60.0 Å². The van der Waals surface area contributed by atoms with Crippen LogP contribution >= 0.6 is 0 Å². The summed E-state index contributed by atoms with van der Waals surface area (Å²) in [5.41, 5.74) is -0.366. The SMILES string of the molecule is CCOC(CC(C)C)(CC(C)C)C(=O)Nc1ccc(OC(C)=O)cc1C#N. The van der Waals surface area contributed by atoms with E-state index in [1.165, 1.54) is 13.0 Å². The lowest BCUT2D eigenvalue weighted by atomic mass is 9.83. The van der Waals surface area contributed by atoms with Crippen LogP contribution in [0, 0.1) is 23.2 Å². The number of nitriles is 1. The van der Waals surface area contributed by atoms with E-state index in [-0.39, 0.29) is 29.1 Å². The van der Waals surface area contributed by atoms with Gasteiger partial charge in [0.05, 0.1) is 11.3 Å². The molecule has 0 fully saturated rings. The van der Waals surface area contributed by atoms with E-state index < -0.39 is 11.6 Å². The van der Waals surface area contributed by atoms with Crippen LogP contribution in [0.4, 0.5) is 5.69 Å². The van der Waals surface area contributed by atoms with Crippen molar-refractivity contribution in [1.82, 2.24) is 0 Å². The summed E-state index contributed by atoms with van der Waals surface area (Å²) < 4.78 is 11.0. The first kappa shape index (κ1) is 22.7. The van der Waals surface area contributed by atoms with Crippen molar-refractivity contribution in [2.75, 3.05) is 11.9 Å². The molecule has 0 saturated carbocycles. The second-order valence-electron chi connectivity index (χ2n) is 7.49. The first-order valence-corrected chi connectivity index (χ1v) is 9.31. The molecule has 6 heteroatoms. The van der Waals surface area contributed by atoms with E-state index in [9.17, 15) is 14.9 Å². The van der Waals surface area contributed by atoms with Crippen LogP contribution in [0.15, 0.2) is 18.2 Å². The summed E-state index contributed by atoms with van der Waals surface area (Å²) >= 11 is 0. The Morgan fingerprint density at radius 3 is 2.22 bits per heavy atom. The minimum atomic E-state index is -0.960. The molecule has 0 bridgehead atoms. The smallest absolute Gasteiger partial charge is 0.308 e. The maximum absolute atomic E-state index is 13.2. The van der Waals surface area contributed by atoms with Gasteiger partial charge >= 0.3 is 5.97 Å². The largest absolute Gasteiger partial charge is 0.427 e. The summed E-state index contributed by atoms with van der Waals surface area (Å²) in [6.07, 6.45) is 1.16. The van der Waals surface area contributed by atoms with Crippen LogP contribution in [-0.2, 0) is 14.3 Å². The fourth-order valence-corrected chi connectivity index (χ4v) is 3.24. The normalized spacial score (nSPS) is 11.4. The number of amides is 1. The van der Waals surface area contributed by atoms with Gasteiger partial charge in [0.25, 0.3) is 5.91 Å². The molecule has 0 aliphatic rings. The third-order valence-corrected chi connectivity index (χ3v) is 3.93. The van der Waals surface area contributed by atoms with Crippen LogP contribution in [0.25, 0.3) is 0 Å². The Bertz CT molecular complexity index is 695. The number of ether oxygens (including phenoxy) is 2. The van der Waals surface area contributed by atoms with Crippen LogP contribution in [0.5, 0.6) is 5.75 Å². The lowest BCUT2D eigenvalue weighted by Crippen LogP contribution is -2.47. The third kappa shape index (κ3) is 6.69. The van der Waals surface area contributed by atoms with Crippen molar-refractivity contribution < 1.29 is 19.1 Å². The first-order valence-electron chi connectivity index (χ1n) is 9.31. The van der Waals surface area contributed by atoms with Gasteiger partial charge in [0.1, 0.15) is 17.4 Å².